The number of carboxylic acids is 1. The molecule has 0 bridgehead atoms. The smallest absolute Gasteiger partial charge is 0.322 e. The maximum atomic E-state index is 11.6. The number of carboxylic acid groups (broad SMARTS) is 1. The van der Waals surface area contributed by atoms with E-state index in [2.05, 4.69) is 0 Å². The normalized spacial score (nSPS) is 21.2. The topological polar surface area (TPSA) is 37.3 Å². The van der Waals surface area contributed by atoms with Crippen LogP contribution in [-0.4, -0.2) is 11.1 Å². The highest BCUT2D eigenvalue weighted by Gasteiger charge is 2.53. The minimum atomic E-state index is -0.928. The van der Waals surface area contributed by atoms with Gasteiger partial charge in [0.1, 0.15) is 5.41 Å². The van der Waals surface area contributed by atoms with E-state index in [0.29, 0.717) is 0 Å². The molecular formula is C16H12O2. The lowest BCUT2D eigenvalue weighted by atomic mass is 9.88. The fraction of sp³-hybridized carbons (Fsp3) is 0.0625. The van der Waals surface area contributed by atoms with Crippen LogP contribution in [0.25, 0.3) is 5.57 Å². The summed E-state index contributed by atoms with van der Waals surface area (Å²) in [7, 11) is 0. The van der Waals surface area contributed by atoms with Crippen molar-refractivity contribution >= 4 is 11.5 Å². The molecule has 0 radical (unpaired) electrons. The van der Waals surface area contributed by atoms with Crippen molar-refractivity contribution in [2.75, 3.05) is 0 Å². The van der Waals surface area contributed by atoms with Crippen molar-refractivity contribution < 1.29 is 9.90 Å². The van der Waals surface area contributed by atoms with E-state index in [0.717, 1.165) is 16.7 Å². The second kappa shape index (κ2) is 3.84. The molecule has 0 aliphatic heterocycles. The van der Waals surface area contributed by atoms with Gasteiger partial charge >= 0.3 is 5.97 Å². The van der Waals surface area contributed by atoms with Crippen molar-refractivity contribution in [1.29, 1.82) is 0 Å². The van der Waals surface area contributed by atoms with Crippen molar-refractivity contribution in [2.24, 2.45) is 0 Å². The average molecular weight is 236 g/mol. The summed E-state index contributed by atoms with van der Waals surface area (Å²) >= 11 is 0. The van der Waals surface area contributed by atoms with Crippen molar-refractivity contribution in [1.82, 2.24) is 0 Å². The molecule has 0 aromatic heterocycles. The summed E-state index contributed by atoms with van der Waals surface area (Å²) in [6.07, 6.45) is 1.82. The SMILES string of the molecule is O=C(O)[C@]1(c2ccccc2)C=C1c1ccccc1. The number of hydrogen-bond acceptors (Lipinski definition) is 1. The van der Waals surface area contributed by atoms with Gasteiger partial charge in [0.05, 0.1) is 0 Å². The summed E-state index contributed by atoms with van der Waals surface area (Å²) < 4.78 is 0. The minimum Gasteiger partial charge on any atom is -0.480 e. The molecule has 2 nitrogen and oxygen atoms in total. The lowest BCUT2D eigenvalue weighted by molar-refractivity contribution is -0.138. The van der Waals surface area contributed by atoms with E-state index in [-0.39, 0.29) is 0 Å². The summed E-state index contributed by atoms with van der Waals surface area (Å²) in [5.74, 6) is -0.812. The molecule has 1 aliphatic rings. The number of hydrogen-bond donors (Lipinski definition) is 1. The maximum Gasteiger partial charge on any atom is 0.322 e. The van der Waals surface area contributed by atoms with Gasteiger partial charge in [0.15, 0.2) is 0 Å². The van der Waals surface area contributed by atoms with Crippen LogP contribution in [0.3, 0.4) is 0 Å². The van der Waals surface area contributed by atoms with E-state index < -0.39 is 11.4 Å². The molecule has 0 spiro atoms. The van der Waals surface area contributed by atoms with E-state index in [4.69, 9.17) is 0 Å². The molecule has 0 heterocycles. The highest BCUT2D eigenvalue weighted by Crippen LogP contribution is 2.52. The van der Waals surface area contributed by atoms with Gasteiger partial charge in [0.2, 0.25) is 0 Å². The van der Waals surface area contributed by atoms with Crippen LogP contribution in [0.4, 0.5) is 0 Å². The second-order valence-electron chi connectivity index (χ2n) is 4.40. The van der Waals surface area contributed by atoms with Gasteiger partial charge in [-0.25, -0.2) is 0 Å². The zero-order chi connectivity index (χ0) is 12.6. The van der Waals surface area contributed by atoms with E-state index in [1.54, 1.807) is 0 Å². The fourth-order valence-electron chi connectivity index (χ4n) is 2.35. The van der Waals surface area contributed by atoms with E-state index in [1.165, 1.54) is 0 Å². The molecule has 0 fully saturated rings. The van der Waals surface area contributed by atoms with Gasteiger partial charge in [-0.1, -0.05) is 66.7 Å². The molecule has 18 heavy (non-hydrogen) atoms. The Morgan fingerprint density at radius 3 is 2.00 bits per heavy atom. The van der Waals surface area contributed by atoms with Crippen LogP contribution in [0.2, 0.25) is 0 Å². The van der Waals surface area contributed by atoms with Crippen LogP contribution in [0, 0.1) is 0 Å². The Labute approximate surface area is 105 Å². The Morgan fingerprint density at radius 1 is 0.889 bits per heavy atom. The van der Waals surface area contributed by atoms with Gasteiger partial charge in [0, 0.05) is 0 Å². The molecule has 2 aromatic carbocycles. The first kappa shape index (κ1) is 10.8. The van der Waals surface area contributed by atoms with E-state index >= 15 is 0 Å². The first-order valence-corrected chi connectivity index (χ1v) is 5.83. The summed E-state index contributed by atoms with van der Waals surface area (Å²) in [5.41, 5.74) is 1.74. The third-order valence-corrected chi connectivity index (χ3v) is 3.35. The number of rotatable bonds is 3. The van der Waals surface area contributed by atoms with Crippen molar-refractivity contribution in [3.8, 4) is 0 Å². The molecule has 1 aliphatic carbocycles. The van der Waals surface area contributed by atoms with Crippen LogP contribution in [-0.2, 0) is 10.2 Å². The van der Waals surface area contributed by atoms with Gasteiger partial charge in [-0.2, -0.15) is 0 Å². The third kappa shape index (κ3) is 1.46. The number of carbonyl (C=O) groups is 1. The Kier molecular flexibility index (Phi) is 2.30. The molecule has 1 atom stereocenters. The molecular weight excluding hydrogens is 224 g/mol. The number of benzene rings is 2. The summed E-state index contributed by atoms with van der Waals surface area (Å²) in [4.78, 5) is 11.6. The van der Waals surface area contributed by atoms with Gasteiger partial charge in [-0.15, -0.1) is 0 Å². The van der Waals surface area contributed by atoms with Crippen LogP contribution in [0.15, 0.2) is 66.7 Å². The third-order valence-electron chi connectivity index (χ3n) is 3.35. The summed E-state index contributed by atoms with van der Waals surface area (Å²) in [5, 5.41) is 9.54. The Hall–Kier alpha value is -2.35. The monoisotopic (exact) mass is 236 g/mol. The lowest BCUT2D eigenvalue weighted by Crippen LogP contribution is -2.23. The lowest BCUT2D eigenvalue weighted by Gasteiger charge is -2.14. The number of aliphatic carboxylic acids is 1. The molecule has 2 heteroatoms. The maximum absolute atomic E-state index is 11.6. The van der Waals surface area contributed by atoms with Gasteiger partial charge in [0.25, 0.3) is 0 Å². The zero-order valence-electron chi connectivity index (χ0n) is 9.71. The average Bonchev–Trinajstić information content (AvgIpc) is 3.18. The predicted molar refractivity (Wildman–Crippen MR) is 70.2 cm³/mol. The van der Waals surface area contributed by atoms with Crippen LogP contribution < -0.4 is 0 Å². The molecule has 2 aromatic rings. The zero-order valence-corrected chi connectivity index (χ0v) is 9.71. The van der Waals surface area contributed by atoms with Crippen molar-refractivity contribution in [3.05, 3.63) is 77.9 Å². The molecule has 0 saturated carbocycles. The molecule has 1 N–H and O–H groups in total. The largest absolute Gasteiger partial charge is 0.480 e. The molecule has 88 valence electrons. The summed E-state index contributed by atoms with van der Waals surface area (Å²) in [6.45, 7) is 0. The minimum absolute atomic E-state index is 0.812. The Bertz CT molecular complexity index is 614. The highest BCUT2D eigenvalue weighted by molar-refractivity contribution is 6.11. The molecule has 0 saturated heterocycles. The van der Waals surface area contributed by atoms with Crippen LogP contribution in [0.5, 0.6) is 0 Å². The first-order valence-electron chi connectivity index (χ1n) is 5.83. The quantitative estimate of drug-likeness (QED) is 0.889. The first-order chi connectivity index (χ1) is 8.75. The van der Waals surface area contributed by atoms with E-state index in [1.807, 2.05) is 66.7 Å². The van der Waals surface area contributed by atoms with Crippen LogP contribution in [0.1, 0.15) is 11.1 Å². The van der Waals surface area contributed by atoms with Crippen molar-refractivity contribution in [2.45, 2.75) is 5.41 Å². The van der Waals surface area contributed by atoms with Crippen LogP contribution >= 0.6 is 0 Å². The van der Waals surface area contributed by atoms with Gasteiger partial charge in [-0.05, 0) is 16.7 Å². The summed E-state index contributed by atoms with van der Waals surface area (Å²) in [6, 6.07) is 19.0. The fourth-order valence-corrected chi connectivity index (χ4v) is 2.35. The predicted octanol–water partition coefficient (Wildman–Crippen LogP) is 3.11. The highest BCUT2D eigenvalue weighted by atomic mass is 16.4. The van der Waals surface area contributed by atoms with Gasteiger partial charge < -0.3 is 5.11 Å². The van der Waals surface area contributed by atoms with E-state index in [9.17, 15) is 9.90 Å². The Morgan fingerprint density at radius 2 is 1.44 bits per heavy atom. The Balaban J connectivity index is 2.03. The van der Waals surface area contributed by atoms with Gasteiger partial charge in [-0.3, -0.25) is 4.79 Å². The van der Waals surface area contributed by atoms with Crippen molar-refractivity contribution in [3.63, 3.8) is 0 Å². The second-order valence-corrected chi connectivity index (χ2v) is 4.40. The molecule has 0 amide bonds. The molecule has 0 unspecified atom stereocenters. The molecule has 3 rings (SSSR count). The standard InChI is InChI=1S/C16H12O2/c17-15(18)16(13-9-5-2-6-10-13)11-14(16)12-7-3-1-4-8-12/h1-11H,(H,17,18)/t16-/m0/s1.